The lowest BCUT2D eigenvalue weighted by Crippen LogP contribution is -2.18. The maximum atomic E-state index is 11.8. The van der Waals surface area contributed by atoms with Crippen molar-refractivity contribution in [2.75, 3.05) is 18.7 Å². The van der Waals surface area contributed by atoms with Crippen molar-refractivity contribution in [3.05, 3.63) is 24.8 Å². The number of rotatable bonds is 9. The molecule has 0 spiro atoms. The molecule has 2 aromatic rings. The summed E-state index contributed by atoms with van der Waals surface area (Å²) in [6.07, 6.45) is 3.60. The number of ether oxygens (including phenoxy) is 2. The molecule has 0 saturated carbocycles. The summed E-state index contributed by atoms with van der Waals surface area (Å²) in [5.74, 6) is 0.197. The number of aromatic nitrogens is 4. The van der Waals surface area contributed by atoms with Gasteiger partial charge in [0.15, 0.2) is 17.7 Å². The van der Waals surface area contributed by atoms with E-state index in [1.54, 1.807) is 16.7 Å². The van der Waals surface area contributed by atoms with Crippen LogP contribution < -0.4 is 5.73 Å². The van der Waals surface area contributed by atoms with Gasteiger partial charge < -0.3 is 34.8 Å². The Morgan fingerprint density at radius 2 is 1.83 bits per heavy atom. The molecule has 0 saturated heterocycles. The minimum atomic E-state index is -5.51. The topological polar surface area (TPSA) is 239 Å². The first-order valence-corrected chi connectivity index (χ1v) is 12.6. The van der Waals surface area contributed by atoms with Crippen LogP contribution in [0.4, 0.5) is 5.82 Å². The maximum Gasteiger partial charge on any atom is 0.488 e. The normalized spacial score (nSPS) is 23.5. The second-order valence-electron chi connectivity index (χ2n) is 5.79. The average Bonchev–Trinajstić information content (AvgIpc) is 3.18. The van der Waals surface area contributed by atoms with Crippen molar-refractivity contribution in [3.8, 4) is 0 Å². The number of phosphoric acid groups is 2. The summed E-state index contributed by atoms with van der Waals surface area (Å²) in [4.78, 5) is 47.6. The van der Waals surface area contributed by atoms with Crippen LogP contribution in [0.2, 0.25) is 0 Å². The van der Waals surface area contributed by atoms with Gasteiger partial charge in [-0.2, -0.15) is 4.31 Å². The number of hydrogen-bond donors (Lipinski definition) is 5. The van der Waals surface area contributed by atoms with Gasteiger partial charge in [-0.15, -0.1) is 0 Å². The highest BCUT2D eigenvalue weighted by Crippen LogP contribution is 2.65. The summed E-state index contributed by atoms with van der Waals surface area (Å²) in [6.45, 7) is -0.250. The van der Waals surface area contributed by atoms with Crippen LogP contribution in [-0.2, 0) is 31.8 Å². The Bertz CT molecular complexity index is 1100. The van der Waals surface area contributed by atoms with Crippen LogP contribution in [0.25, 0.3) is 11.2 Å². The first-order valence-electron chi connectivity index (χ1n) is 7.83. The van der Waals surface area contributed by atoms with Crippen molar-refractivity contribution in [2.24, 2.45) is 0 Å². The lowest BCUT2D eigenvalue weighted by molar-refractivity contribution is -0.0216. The fraction of sp³-hybridized carbons (Fsp3) is 0.364. The molecule has 30 heavy (non-hydrogen) atoms. The molecule has 6 N–H and O–H groups in total. The van der Waals surface area contributed by atoms with Gasteiger partial charge in [0.25, 0.3) is 0 Å². The van der Waals surface area contributed by atoms with E-state index < -0.39 is 41.9 Å². The predicted molar refractivity (Wildman–Crippen MR) is 97.5 cm³/mol. The second kappa shape index (κ2) is 8.54. The molecule has 1 aliphatic rings. The van der Waals surface area contributed by atoms with Crippen molar-refractivity contribution in [3.63, 3.8) is 0 Å². The fourth-order valence-electron chi connectivity index (χ4n) is 2.42. The van der Waals surface area contributed by atoms with Gasteiger partial charge in [-0.1, -0.05) is 6.08 Å². The van der Waals surface area contributed by atoms with Gasteiger partial charge in [0.1, 0.15) is 24.3 Å². The Kier molecular flexibility index (Phi) is 6.58. The number of hydrogen-bond acceptors (Lipinski definition) is 11. The molecule has 0 bridgehead atoms. The molecule has 3 rings (SSSR count). The van der Waals surface area contributed by atoms with E-state index in [1.165, 1.54) is 12.7 Å². The van der Waals surface area contributed by atoms with Crippen LogP contribution in [-0.4, -0.2) is 58.2 Å². The highest BCUT2D eigenvalue weighted by Gasteiger charge is 2.39. The van der Waals surface area contributed by atoms with E-state index >= 15 is 0 Å². The zero-order chi connectivity index (χ0) is 22.2. The molecule has 1 aliphatic heterocycles. The van der Waals surface area contributed by atoms with Gasteiger partial charge in [0, 0.05) is 0 Å². The summed E-state index contributed by atoms with van der Waals surface area (Å²) in [7, 11) is -15.8. The summed E-state index contributed by atoms with van der Waals surface area (Å²) < 4.78 is 53.2. The molecular weight excluding hydrogens is 471 g/mol. The molecule has 0 fully saturated rings. The smallest absolute Gasteiger partial charge is 0.382 e. The van der Waals surface area contributed by atoms with E-state index in [0.717, 1.165) is 0 Å². The molecule has 0 amide bonds. The molecule has 0 aromatic carbocycles. The molecule has 19 heteroatoms. The first-order chi connectivity index (χ1) is 13.9. The van der Waals surface area contributed by atoms with Crippen LogP contribution in [0, 0.1) is 0 Å². The summed E-state index contributed by atoms with van der Waals surface area (Å²) in [6, 6.07) is 0. The van der Waals surface area contributed by atoms with E-state index in [-0.39, 0.29) is 12.4 Å². The summed E-state index contributed by atoms with van der Waals surface area (Å²) in [5, 5.41) is 0. The van der Waals surface area contributed by atoms with Gasteiger partial charge in [-0.25, -0.2) is 28.4 Å². The lowest BCUT2D eigenvalue weighted by Gasteiger charge is -2.18. The Balaban J connectivity index is 1.52. The minimum Gasteiger partial charge on any atom is -0.382 e. The molecule has 0 radical (unpaired) electrons. The molecule has 0 aliphatic carbocycles. The van der Waals surface area contributed by atoms with Crippen LogP contribution in [0.1, 0.15) is 6.23 Å². The zero-order valence-electron chi connectivity index (χ0n) is 14.7. The van der Waals surface area contributed by atoms with Gasteiger partial charge in [0.2, 0.25) is 0 Å². The molecule has 2 unspecified atom stereocenters. The first kappa shape index (κ1) is 23.1. The largest absolute Gasteiger partial charge is 0.488 e. The van der Waals surface area contributed by atoms with Gasteiger partial charge in [-0.3, -0.25) is 9.13 Å². The van der Waals surface area contributed by atoms with Crippen LogP contribution in [0.15, 0.2) is 24.8 Å². The Morgan fingerprint density at radius 3 is 2.53 bits per heavy atom. The quantitative estimate of drug-likeness (QED) is 0.235. The molecule has 16 nitrogen and oxygen atoms in total. The standard InChI is InChI=1S/C11H16N5O11P3/c12-10-9-11(14-4-13-10)16(5-15-9)8-2-1-7(25-8)3-24-6-28(17,18)26-30(22,23)27-29(19,20)21/h1-2,4-5,7-8H,3,6H2,(H,17,18)(H,22,23)(H2,12,13,14)(H2,19,20,21)/t7-,8+/m0/s1. The molecule has 4 atom stereocenters. The van der Waals surface area contributed by atoms with E-state index in [4.69, 9.17) is 29.9 Å². The monoisotopic (exact) mass is 487 g/mol. The van der Waals surface area contributed by atoms with Gasteiger partial charge >= 0.3 is 23.2 Å². The van der Waals surface area contributed by atoms with Crippen molar-refractivity contribution in [1.29, 1.82) is 0 Å². The third-order valence-corrected chi connectivity index (χ3v) is 7.47. The number of anilines is 1. The molecular formula is C11H16N5O11P3. The van der Waals surface area contributed by atoms with Gasteiger partial charge in [-0.05, 0) is 6.08 Å². The Labute approximate surface area is 167 Å². The fourth-order valence-corrected chi connectivity index (χ4v) is 5.69. The lowest BCUT2D eigenvalue weighted by atomic mass is 10.4. The molecule has 3 heterocycles. The number of nitrogen functional groups attached to an aromatic ring is 1. The molecule has 166 valence electrons. The number of nitrogens with zero attached hydrogens (tertiary/aromatic N) is 4. The van der Waals surface area contributed by atoms with Crippen LogP contribution >= 0.6 is 23.2 Å². The van der Waals surface area contributed by atoms with Crippen molar-refractivity contribution >= 4 is 40.2 Å². The summed E-state index contributed by atoms with van der Waals surface area (Å²) in [5.41, 5.74) is 6.54. The van der Waals surface area contributed by atoms with E-state index in [9.17, 15) is 18.6 Å². The van der Waals surface area contributed by atoms with Crippen molar-refractivity contribution in [2.45, 2.75) is 12.3 Å². The van der Waals surface area contributed by atoms with E-state index in [2.05, 4.69) is 23.6 Å². The number of fused-ring (bicyclic) bond motifs is 1. The highest BCUT2D eigenvalue weighted by atomic mass is 31.3. The third kappa shape index (κ3) is 6.00. The number of nitrogens with two attached hydrogens (primary N) is 1. The minimum absolute atomic E-state index is 0.197. The SMILES string of the molecule is Nc1ncnc2c1ncn2[C@H]1C=C[C@@H](COCP(=O)(O)OP(=O)(O)OP(=O)(O)O)O1. The second-order valence-corrected chi connectivity index (χ2v) is 10.6. The van der Waals surface area contributed by atoms with Crippen LogP contribution in [0.3, 0.4) is 0 Å². The van der Waals surface area contributed by atoms with Crippen molar-refractivity contribution in [1.82, 2.24) is 19.5 Å². The average molecular weight is 487 g/mol. The Hall–Kier alpha value is -1.54. The highest BCUT2D eigenvalue weighted by molar-refractivity contribution is 7.68. The Morgan fingerprint density at radius 1 is 1.10 bits per heavy atom. The number of imidazole rings is 1. The van der Waals surface area contributed by atoms with Crippen molar-refractivity contribution < 1.29 is 51.4 Å². The predicted octanol–water partition coefficient (Wildman–Crippen LogP) is 0.248. The zero-order valence-corrected chi connectivity index (χ0v) is 17.4. The summed E-state index contributed by atoms with van der Waals surface area (Å²) >= 11 is 0. The molecule has 2 aromatic heterocycles. The third-order valence-electron chi connectivity index (χ3n) is 3.44. The van der Waals surface area contributed by atoms with Crippen LogP contribution in [0.5, 0.6) is 0 Å². The van der Waals surface area contributed by atoms with Gasteiger partial charge in [0.05, 0.1) is 12.9 Å². The van der Waals surface area contributed by atoms with E-state index in [0.29, 0.717) is 11.2 Å². The van der Waals surface area contributed by atoms with E-state index in [1.807, 2.05) is 0 Å². The maximum absolute atomic E-state index is 11.8.